The van der Waals surface area contributed by atoms with Gasteiger partial charge in [0, 0.05) is 38.9 Å². The molecule has 2 aliphatic heterocycles. The maximum absolute atomic E-state index is 15.6. The number of benzene rings is 1. The number of hydrogen-bond acceptors (Lipinski definition) is 6. The van der Waals surface area contributed by atoms with E-state index in [0.717, 1.165) is 57.3 Å². The van der Waals surface area contributed by atoms with E-state index in [0.29, 0.717) is 52.4 Å². The van der Waals surface area contributed by atoms with E-state index >= 15 is 4.39 Å². The van der Waals surface area contributed by atoms with Crippen molar-refractivity contribution in [1.29, 1.82) is 0 Å². The van der Waals surface area contributed by atoms with Gasteiger partial charge >= 0.3 is 5.69 Å². The highest BCUT2D eigenvalue weighted by molar-refractivity contribution is 6.09. The lowest BCUT2D eigenvalue weighted by Gasteiger charge is -2.41. The van der Waals surface area contributed by atoms with Crippen LogP contribution in [0.15, 0.2) is 35.4 Å². The second-order valence-corrected chi connectivity index (χ2v) is 10.5. The van der Waals surface area contributed by atoms with Crippen LogP contribution in [0.3, 0.4) is 0 Å². The van der Waals surface area contributed by atoms with Gasteiger partial charge in [-0.1, -0.05) is 0 Å². The predicted molar refractivity (Wildman–Crippen MR) is 139 cm³/mol. The van der Waals surface area contributed by atoms with Crippen LogP contribution in [-0.2, 0) is 12.6 Å². The van der Waals surface area contributed by atoms with Gasteiger partial charge in [-0.25, -0.2) is 14.2 Å². The first kappa shape index (κ1) is 21.6. The van der Waals surface area contributed by atoms with E-state index in [2.05, 4.69) is 14.9 Å². The summed E-state index contributed by atoms with van der Waals surface area (Å²) in [7, 11) is 1.76. The van der Waals surface area contributed by atoms with Crippen molar-refractivity contribution in [3.63, 3.8) is 0 Å². The molecule has 9 heteroatoms. The first-order valence-corrected chi connectivity index (χ1v) is 13.0. The molecule has 37 heavy (non-hydrogen) atoms. The summed E-state index contributed by atoms with van der Waals surface area (Å²) in [6.07, 6.45) is 7.79. The van der Waals surface area contributed by atoms with E-state index < -0.39 is 11.4 Å². The van der Waals surface area contributed by atoms with Crippen LogP contribution in [0, 0.1) is 5.82 Å². The van der Waals surface area contributed by atoms with Crippen molar-refractivity contribution in [2.24, 2.45) is 7.05 Å². The molecule has 1 aliphatic carbocycles. The van der Waals surface area contributed by atoms with Crippen molar-refractivity contribution in [2.45, 2.75) is 44.0 Å². The fourth-order valence-electron chi connectivity index (χ4n) is 6.08. The van der Waals surface area contributed by atoms with Crippen LogP contribution in [0.2, 0.25) is 0 Å². The Morgan fingerprint density at radius 2 is 2.11 bits per heavy atom. The average Bonchev–Trinajstić information content (AvgIpc) is 3.36. The molecule has 0 unspecified atom stereocenters. The minimum absolute atomic E-state index is 0.0275. The molecule has 3 aromatic heterocycles. The molecule has 7 rings (SSSR count). The van der Waals surface area contributed by atoms with Crippen molar-refractivity contribution in [2.75, 3.05) is 32.8 Å². The van der Waals surface area contributed by atoms with Gasteiger partial charge in [0.05, 0.1) is 45.8 Å². The SMILES string of the molecule is [2H][C@H]1CCN(CCCOc2ccc(-c3c(F)cc4ncc5c6c4c3OCC3(CCC3)n6c(=O)n5C)cn2)C1. The molecule has 1 saturated carbocycles. The van der Waals surface area contributed by atoms with Gasteiger partial charge in [-0.2, -0.15) is 0 Å². The van der Waals surface area contributed by atoms with Crippen molar-refractivity contribution >= 4 is 21.9 Å². The Kier molecular flexibility index (Phi) is 4.99. The molecular formula is C28H30FN5O3. The van der Waals surface area contributed by atoms with E-state index in [9.17, 15) is 4.79 Å². The topological polar surface area (TPSA) is 74.4 Å². The monoisotopic (exact) mass is 504 g/mol. The molecule has 4 aromatic rings. The number of ether oxygens (including phenoxy) is 2. The average molecular weight is 505 g/mol. The van der Waals surface area contributed by atoms with Gasteiger partial charge in [0.25, 0.3) is 0 Å². The van der Waals surface area contributed by atoms with Crippen LogP contribution in [0.4, 0.5) is 4.39 Å². The first-order chi connectivity index (χ1) is 18.4. The molecule has 1 spiro atoms. The fraction of sp³-hybridized carbons (Fsp3) is 0.464. The van der Waals surface area contributed by atoms with E-state index in [1.54, 1.807) is 36.1 Å². The Bertz CT molecular complexity index is 1610. The third-order valence-corrected chi connectivity index (χ3v) is 8.26. The number of rotatable bonds is 6. The zero-order chi connectivity index (χ0) is 26.0. The standard InChI is InChI=1S/C28H30FN5O3/c1-32-21-16-30-20-14-19(29)23(18-6-7-22(31-15-18)36-13-5-12-33-10-2-3-11-33)26-24(20)25(21)34(27(32)35)28(17-37-26)8-4-9-28/h6-7,14-16H,2-5,8-13,17H2,1H3/i2D/t2-/m0/s1. The third kappa shape index (κ3) is 3.47. The summed E-state index contributed by atoms with van der Waals surface area (Å²) in [4.78, 5) is 24.6. The number of likely N-dealkylation sites (tertiary alicyclic amines) is 1. The summed E-state index contributed by atoms with van der Waals surface area (Å²) in [6.45, 7) is 3.55. The Hall–Kier alpha value is -3.46. The lowest BCUT2D eigenvalue weighted by molar-refractivity contribution is 0.0719. The molecule has 3 aliphatic rings. The normalized spacial score (nSPS) is 20.8. The molecule has 5 heterocycles. The number of imidazole rings is 1. The summed E-state index contributed by atoms with van der Waals surface area (Å²) in [6, 6.07) is 4.97. The van der Waals surface area contributed by atoms with Gasteiger partial charge in [-0.3, -0.25) is 14.1 Å². The zero-order valence-electron chi connectivity index (χ0n) is 21.9. The second-order valence-electron chi connectivity index (χ2n) is 10.5. The minimum Gasteiger partial charge on any atom is -0.490 e. The molecule has 0 bridgehead atoms. The Balaban J connectivity index is 1.23. The van der Waals surface area contributed by atoms with Crippen molar-refractivity contribution in [1.82, 2.24) is 24.0 Å². The number of fused-ring (bicyclic) bond motifs is 1. The second kappa shape index (κ2) is 8.55. The summed E-state index contributed by atoms with van der Waals surface area (Å²) < 4.78 is 39.2. The summed E-state index contributed by atoms with van der Waals surface area (Å²) in [5.41, 5.74) is 2.33. The summed E-state index contributed by atoms with van der Waals surface area (Å²) in [5.74, 6) is 0.452. The molecule has 0 radical (unpaired) electrons. The molecule has 192 valence electrons. The van der Waals surface area contributed by atoms with E-state index in [1.165, 1.54) is 6.07 Å². The quantitative estimate of drug-likeness (QED) is 0.366. The summed E-state index contributed by atoms with van der Waals surface area (Å²) >= 11 is 0. The highest BCUT2D eigenvalue weighted by Crippen LogP contribution is 2.48. The van der Waals surface area contributed by atoms with Crippen molar-refractivity contribution in [3.8, 4) is 22.8 Å². The third-order valence-electron chi connectivity index (χ3n) is 8.26. The van der Waals surface area contributed by atoms with Crippen molar-refractivity contribution < 1.29 is 15.2 Å². The van der Waals surface area contributed by atoms with Crippen LogP contribution in [0.25, 0.3) is 33.1 Å². The lowest BCUT2D eigenvalue weighted by atomic mass is 9.77. The zero-order valence-corrected chi connectivity index (χ0v) is 20.9. The lowest BCUT2D eigenvalue weighted by Crippen LogP contribution is -2.50. The molecule has 1 atom stereocenters. The Morgan fingerprint density at radius 3 is 2.84 bits per heavy atom. The molecular weight excluding hydrogens is 473 g/mol. The number of aryl methyl sites for hydroxylation is 1. The van der Waals surface area contributed by atoms with Crippen LogP contribution < -0.4 is 15.2 Å². The minimum atomic E-state index is -0.442. The largest absolute Gasteiger partial charge is 0.490 e. The number of nitrogens with zero attached hydrogens (tertiary/aromatic N) is 5. The maximum atomic E-state index is 15.6. The number of halogens is 1. The first-order valence-electron chi connectivity index (χ1n) is 13.6. The van der Waals surface area contributed by atoms with E-state index in [4.69, 9.17) is 10.8 Å². The maximum Gasteiger partial charge on any atom is 0.329 e. The van der Waals surface area contributed by atoms with E-state index in [1.807, 2.05) is 4.57 Å². The molecule has 1 aromatic carbocycles. The molecule has 1 saturated heterocycles. The number of pyridine rings is 2. The van der Waals surface area contributed by atoms with Crippen LogP contribution >= 0.6 is 0 Å². The molecule has 0 amide bonds. The number of aromatic nitrogens is 4. The van der Waals surface area contributed by atoms with Crippen molar-refractivity contribution in [3.05, 3.63) is 46.9 Å². The summed E-state index contributed by atoms with van der Waals surface area (Å²) in [5, 5.41) is 0.664. The number of hydrogen-bond donors (Lipinski definition) is 0. The van der Waals surface area contributed by atoms with Gasteiger partial charge in [-0.15, -0.1) is 0 Å². The molecule has 2 fully saturated rings. The van der Waals surface area contributed by atoms with Gasteiger partial charge in [-0.05, 0) is 57.7 Å². The van der Waals surface area contributed by atoms with Crippen LogP contribution in [-0.4, -0.2) is 56.9 Å². The fourth-order valence-corrected chi connectivity index (χ4v) is 6.08. The molecule has 8 nitrogen and oxygen atoms in total. The highest BCUT2D eigenvalue weighted by Gasteiger charge is 2.45. The van der Waals surface area contributed by atoms with E-state index in [-0.39, 0.29) is 12.1 Å². The van der Waals surface area contributed by atoms with Crippen LogP contribution in [0.5, 0.6) is 11.6 Å². The van der Waals surface area contributed by atoms with Gasteiger partial charge in [0.2, 0.25) is 5.88 Å². The van der Waals surface area contributed by atoms with Crippen LogP contribution in [0.1, 0.15) is 39.9 Å². The van der Waals surface area contributed by atoms with Gasteiger partial charge < -0.3 is 14.4 Å². The Morgan fingerprint density at radius 1 is 1.22 bits per heavy atom. The molecule has 0 N–H and O–H groups in total. The highest BCUT2D eigenvalue weighted by atomic mass is 19.1. The predicted octanol–water partition coefficient (Wildman–Crippen LogP) is 4.23. The smallest absolute Gasteiger partial charge is 0.329 e. The van der Waals surface area contributed by atoms with Gasteiger partial charge in [0.15, 0.2) is 0 Å². The van der Waals surface area contributed by atoms with Gasteiger partial charge in [0.1, 0.15) is 18.2 Å². The Labute approximate surface area is 215 Å².